The average molecular weight is 292 g/mol. The van der Waals surface area contributed by atoms with E-state index < -0.39 is 0 Å². The molecule has 0 radical (unpaired) electrons. The van der Waals surface area contributed by atoms with Crippen LogP contribution in [0.1, 0.15) is 6.92 Å². The number of ether oxygens (including phenoxy) is 1. The Balaban J connectivity index is 1.92. The topological polar surface area (TPSA) is 45.0 Å². The monoisotopic (exact) mass is 292 g/mol. The molecule has 0 saturated carbocycles. The van der Waals surface area contributed by atoms with Gasteiger partial charge >= 0.3 is 0 Å². The van der Waals surface area contributed by atoms with Crippen molar-refractivity contribution in [1.82, 2.24) is 9.80 Å². The number of rotatable bonds is 7. The zero-order valence-corrected chi connectivity index (χ0v) is 13.5. The van der Waals surface area contributed by atoms with Crippen molar-refractivity contribution in [2.75, 3.05) is 70.6 Å². The van der Waals surface area contributed by atoms with Crippen molar-refractivity contribution in [3.05, 3.63) is 18.2 Å². The van der Waals surface area contributed by atoms with E-state index >= 15 is 0 Å². The van der Waals surface area contributed by atoms with E-state index in [0.29, 0.717) is 0 Å². The lowest BCUT2D eigenvalue weighted by atomic mass is 10.2. The fourth-order valence-corrected chi connectivity index (χ4v) is 2.56. The smallest absolute Gasteiger partial charge is 0.144 e. The van der Waals surface area contributed by atoms with Gasteiger partial charge < -0.3 is 25.2 Å². The Bertz CT molecular complexity index is 450. The molecule has 5 nitrogen and oxygen atoms in total. The van der Waals surface area contributed by atoms with Crippen LogP contribution in [0.5, 0.6) is 5.75 Å². The second-order valence-electron chi connectivity index (χ2n) is 5.80. The molecule has 0 amide bonds. The molecule has 1 heterocycles. The van der Waals surface area contributed by atoms with E-state index in [2.05, 4.69) is 41.8 Å². The molecule has 0 fully saturated rings. The van der Waals surface area contributed by atoms with Gasteiger partial charge in [-0.05, 0) is 32.8 Å². The van der Waals surface area contributed by atoms with E-state index in [1.807, 2.05) is 12.1 Å². The number of anilines is 2. The van der Waals surface area contributed by atoms with Gasteiger partial charge in [-0.15, -0.1) is 0 Å². The molecule has 1 aromatic carbocycles. The molecule has 0 unspecified atom stereocenters. The highest BCUT2D eigenvalue weighted by atomic mass is 16.5. The standard InChI is InChI=1S/C16H28N4O/c1-4-19(8-7-18(2)3)9-10-20-11-12-21-16-13-14(17)5-6-15(16)20/h5-6,13H,4,7-12,17H2,1-3H3. The van der Waals surface area contributed by atoms with Crippen LogP contribution in [0.2, 0.25) is 0 Å². The highest BCUT2D eigenvalue weighted by Gasteiger charge is 2.18. The molecule has 1 aliphatic heterocycles. The third-order valence-electron chi connectivity index (χ3n) is 3.94. The normalized spacial score (nSPS) is 14.4. The molecule has 0 aliphatic carbocycles. The van der Waals surface area contributed by atoms with Crippen molar-refractivity contribution in [2.45, 2.75) is 6.92 Å². The molecule has 0 atom stereocenters. The van der Waals surface area contributed by atoms with Gasteiger partial charge in [0, 0.05) is 37.9 Å². The van der Waals surface area contributed by atoms with E-state index in [-0.39, 0.29) is 0 Å². The maximum atomic E-state index is 5.83. The molecule has 2 N–H and O–H groups in total. The van der Waals surface area contributed by atoms with Gasteiger partial charge in [0.15, 0.2) is 0 Å². The lowest BCUT2D eigenvalue weighted by Crippen LogP contribution is -2.41. The quantitative estimate of drug-likeness (QED) is 0.769. The summed E-state index contributed by atoms with van der Waals surface area (Å²) in [6.45, 7) is 9.32. The molecule has 1 aliphatic rings. The van der Waals surface area contributed by atoms with Gasteiger partial charge in [0.05, 0.1) is 12.2 Å². The van der Waals surface area contributed by atoms with Crippen molar-refractivity contribution in [3.8, 4) is 5.75 Å². The van der Waals surface area contributed by atoms with E-state index in [9.17, 15) is 0 Å². The summed E-state index contributed by atoms with van der Waals surface area (Å²) in [5.41, 5.74) is 7.75. The second-order valence-corrected chi connectivity index (χ2v) is 5.80. The molecular formula is C16H28N4O. The summed E-state index contributed by atoms with van der Waals surface area (Å²) in [5, 5.41) is 0. The molecule has 5 heteroatoms. The summed E-state index contributed by atoms with van der Waals surface area (Å²) in [4.78, 5) is 7.12. The first-order chi connectivity index (χ1) is 10.1. The maximum Gasteiger partial charge on any atom is 0.144 e. The van der Waals surface area contributed by atoms with Gasteiger partial charge in [-0.2, -0.15) is 0 Å². The van der Waals surface area contributed by atoms with Crippen molar-refractivity contribution < 1.29 is 4.74 Å². The molecular weight excluding hydrogens is 264 g/mol. The minimum atomic E-state index is 0.736. The van der Waals surface area contributed by atoms with Gasteiger partial charge in [0.1, 0.15) is 12.4 Å². The molecule has 118 valence electrons. The predicted octanol–water partition coefficient (Wildman–Crippen LogP) is 1.35. The predicted molar refractivity (Wildman–Crippen MR) is 89.2 cm³/mol. The van der Waals surface area contributed by atoms with E-state index in [1.165, 1.54) is 5.69 Å². The zero-order chi connectivity index (χ0) is 15.2. The van der Waals surface area contributed by atoms with E-state index in [1.54, 1.807) is 0 Å². The highest BCUT2D eigenvalue weighted by molar-refractivity contribution is 5.65. The molecule has 21 heavy (non-hydrogen) atoms. The van der Waals surface area contributed by atoms with E-state index in [4.69, 9.17) is 10.5 Å². The molecule has 0 aromatic heterocycles. The van der Waals surface area contributed by atoms with Crippen LogP contribution in [0, 0.1) is 0 Å². The Morgan fingerprint density at radius 2 is 2.05 bits per heavy atom. The van der Waals surface area contributed by atoms with Gasteiger partial charge in [-0.3, -0.25) is 0 Å². The van der Waals surface area contributed by atoms with Crippen LogP contribution in [-0.4, -0.2) is 69.8 Å². The third-order valence-corrected chi connectivity index (χ3v) is 3.94. The summed E-state index contributed by atoms with van der Waals surface area (Å²) in [6.07, 6.45) is 0. The SMILES string of the molecule is CCN(CCN(C)C)CCN1CCOc2cc(N)ccc21. The minimum Gasteiger partial charge on any atom is -0.489 e. The average Bonchev–Trinajstić information content (AvgIpc) is 2.46. The van der Waals surface area contributed by atoms with Crippen molar-refractivity contribution >= 4 is 11.4 Å². The summed E-state index contributed by atoms with van der Waals surface area (Å²) < 4.78 is 5.70. The van der Waals surface area contributed by atoms with Crippen LogP contribution in [0.25, 0.3) is 0 Å². The summed E-state index contributed by atoms with van der Waals surface area (Å²) in [5.74, 6) is 0.914. The van der Waals surface area contributed by atoms with Gasteiger partial charge in [0.25, 0.3) is 0 Å². The largest absolute Gasteiger partial charge is 0.489 e. The first-order valence-corrected chi connectivity index (χ1v) is 7.74. The van der Waals surface area contributed by atoms with Crippen molar-refractivity contribution in [2.24, 2.45) is 0 Å². The lowest BCUT2D eigenvalue weighted by molar-refractivity contribution is 0.249. The number of nitrogens with two attached hydrogens (primary N) is 1. The molecule has 1 aromatic rings. The minimum absolute atomic E-state index is 0.736. The lowest BCUT2D eigenvalue weighted by Gasteiger charge is -2.33. The number of benzene rings is 1. The van der Waals surface area contributed by atoms with Gasteiger partial charge in [0.2, 0.25) is 0 Å². The second kappa shape index (κ2) is 7.52. The number of fused-ring (bicyclic) bond motifs is 1. The number of likely N-dealkylation sites (N-methyl/N-ethyl adjacent to an activating group) is 2. The summed E-state index contributed by atoms with van der Waals surface area (Å²) >= 11 is 0. The Morgan fingerprint density at radius 1 is 1.24 bits per heavy atom. The van der Waals surface area contributed by atoms with Crippen LogP contribution in [0.15, 0.2) is 18.2 Å². The Kier molecular flexibility index (Phi) is 5.70. The van der Waals surface area contributed by atoms with Crippen molar-refractivity contribution in [3.63, 3.8) is 0 Å². The van der Waals surface area contributed by atoms with Crippen molar-refractivity contribution in [1.29, 1.82) is 0 Å². The number of hydrogen-bond donors (Lipinski definition) is 1. The number of nitrogens with zero attached hydrogens (tertiary/aromatic N) is 3. The van der Waals surface area contributed by atoms with Crippen LogP contribution >= 0.6 is 0 Å². The van der Waals surface area contributed by atoms with Gasteiger partial charge in [-0.25, -0.2) is 0 Å². The molecule has 0 bridgehead atoms. The summed E-state index contributed by atoms with van der Waals surface area (Å²) in [7, 11) is 4.24. The van der Waals surface area contributed by atoms with Crippen LogP contribution in [0.4, 0.5) is 11.4 Å². The Morgan fingerprint density at radius 3 is 2.76 bits per heavy atom. The molecule has 0 spiro atoms. The van der Waals surface area contributed by atoms with Gasteiger partial charge in [-0.1, -0.05) is 6.92 Å². The zero-order valence-electron chi connectivity index (χ0n) is 13.5. The first-order valence-electron chi connectivity index (χ1n) is 7.74. The van der Waals surface area contributed by atoms with Crippen LogP contribution < -0.4 is 15.4 Å². The van der Waals surface area contributed by atoms with E-state index in [0.717, 1.165) is 57.3 Å². The molecule has 0 saturated heterocycles. The fraction of sp³-hybridized carbons (Fsp3) is 0.625. The summed E-state index contributed by atoms with van der Waals surface area (Å²) in [6, 6.07) is 5.94. The number of nitrogen functional groups attached to an aromatic ring is 1. The third kappa shape index (κ3) is 4.51. The maximum absolute atomic E-state index is 5.83. The fourth-order valence-electron chi connectivity index (χ4n) is 2.56. The first kappa shape index (κ1) is 15.9. The van der Waals surface area contributed by atoms with Crippen LogP contribution in [0.3, 0.4) is 0 Å². The van der Waals surface area contributed by atoms with Crippen LogP contribution in [-0.2, 0) is 0 Å². The Hall–Kier alpha value is -1.46. The Labute approximate surface area is 128 Å². The molecule has 2 rings (SSSR count). The highest BCUT2D eigenvalue weighted by Crippen LogP contribution is 2.32. The number of hydrogen-bond acceptors (Lipinski definition) is 5.